The number of rotatable bonds is 5. The number of primary sulfonamides is 1. The third-order valence-electron chi connectivity index (χ3n) is 4.96. The molecule has 0 saturated carbocycles. The summed E-state index contributed by atoms with van der Waals surface area (Å²) in [6, 6.07) is 11.9. The zero-order chi connectivity index (χ0) is 20.4. The first-order chi connectivity index (χ1) is 13.9. The van der Waals surface area contributed by atoms with E-state index in [9.17, 15) is 8.42 Å². The maximum Gasteiger partial charge on any atom is 0.238 e. The van der Waals surface area contributed by atoms with E-state index >= 15 is 0 Å². The molecule has 152 valence electrons. The van der Waals surface area contributed by atoms with Crippen molar-refractivity contribution < 1.29 is 13.2 Å². The second-order valence-corrected chi connectivity index (χ2v) is 8.79. The molecule has 4 rings (SSSR count). The predicted octanol–water partition coefficient (Wildman–Crippen LogP) is 2.49. The number of sulfonamides is 1. The monoisotopic (exact) mass is 413 g/mol. The highest BCUT2D eigenvalue weighted by molar-refractivity contribution is 7.89. The van der Waals surface area contributed by atoms with Gasteiger partial charge in [0.15, 0.2) is 0 Å². The molecule has 0 amide bonds. The third-order valence-corrected chi connectivity index (χ3v) is 5.89. The SMILES string of the molecule is CN1CCC(Oc2ccc3cnc(Nc4ccc(S(N)(=O)=O)cc4)nc3c2)CC1. The number of likely N-dealkylation sites (tertiary alicyclic amines) is 1. The summed E-state index contributed by atoms with van der Waals surface area (Å²) in [5.74, 6) is 1.21. The highest BCUT2D eigenvalue weighted by Crippen LogP contribution is 2.24. The topological polar surface area (TPSA) is 110 Å². The average molecular weight is 414 g/mol. The minimum absolute atomic E-state index is 0.0539. The van der Waals surface area contributed by atoms with Gasteiger partial charge in [-0.25, -0.2) is 23.5 Å². The van der Waals surface area contributed by atoms with Crippen molar-refractivity contribution in [2.75, 3.05) is 25.5 Å². The first-order valence-corrected chi connectivity index (χ1v) is 10.9. The van der Waals surface area contributed by atoms with Crippen LogP contribution in [0.1, 0.15) is 12.8 Å². The van der Waals surface area contributed by atoms with Gasteiger partial charge in [-0.05, 0) is 56.3 Å². The Labute approximate surface area is 169 Å². The number of anilines is 2. The van der Waals surface area contributed by atoms with Crippen LogP contribution in [-0.2, 0) is 10.0 Å². The Morgan fingerprint density at radius 2 is 1.86 bits per heavy atom. The summed E-state index contributed by atoms with van der Waals surface area (Å²) in [6.07, 6.45) is 3.99. The van der Waals surface area contributed by atoms with E-state index in [0.29, 0.717) is 11.6 Å². The Morgan fingerprint density at radius 3 is 2.55 bits per heavy atom. The molecule has 1 aliphatic rings. The van der Waals surface area contributed by atoms with E-state index < -0.39 is 10.0 Å². The lowest BCUT2D eigenvalue weighted by Gasteiger charge is -2.29. The van der Waals surface area contributed by atoms with Crippen LogP contribution >= 0.6 is 0 Å². The minimum atomic E-state index is -3.72. The van der Waals surface area contributed by atoms with Crippen LogP contribution in [0, 0.1) is 0 Å². The van der Waals surface area contributed by atoms with E-state index in [1.165, 1.54) is 12.1 Å². The quantitative estimate of drug-likeness (QED) is 0.661. The summed E-state index contributed by atoms with van der Waals surface area (Å²) < 4.78 is 28.9. The first kappa shape index (κ1) is 19.6. The highest BCUT2D eigenvalue weighted by atomic mass is 32.2. The summed E-state index contributed by atoms with van der Waals surface area (Å²) in [4.78, 5) is 11.2. The molecule has 1 aliphatic heterocycles. The average Bonchev–Trinajstić information content (AvgIpc) is 2.69. The van der Waals surface area contributed by atoms with Crippen LogP contribution in [0.3, 0.4) is 0 Å². The fourth-order valence-electron chi connectivity index (χ4n) is 3.29. The maximum absolute atomic E-state index is 11.4. The number of fused-ring (bicyclic) bond motifs is 1. The van der Waals surface area contributed by atoms with Gasteiger partial charge in [0.2, 0.25) is 16.0 Å². The van der Waals surface area contributed by atoms with E-state index in [1.807, 2.05) is 18.2 Å². The van der Waals surface area contributed by atoms with Crippen molar-refractivity contribution in [1.82, 2.24) is 14.9 Å². The van der Waals surface area contributed by atoms with Crippen LogP contribution in [-0.4, -0.2) is 49.5 Å². The molecule has 0 unspecified atom stereocenters. The normalized spacial score (nSPS) is 16.1. The van der Waals surface area contributed by atoms with Crippen molar-refractivity contribution in [2.45, 2.75) is 23.8 Å². The number of benzene rings is 2. The Balaban J connectivity index is 1.50. The van der Waals surface area contributed by atoms with Gasteiger partial charge < -0.3 is 15.0 Å². The highest BCUT2D eigenvalue weighted by Gasteiger charge is 2.18. The van der Waals surface area contributed by atoms with Gasteiger partial charge in [0.25, 0.3) is 0 Å². The van der Waals surface area contributed by atoms with Crippen LogP contribution < -0.4 is 15.2 Å². The van der Waals surface area contributed by atoms with Gasteiger partial charge in [0.1, 0.15) is 11.9 Å². The maximum atomic E-state index is 11.4. The van der Waals surface area contributed by atoms with Gasteiger partial charge in [0, 0.05) is 36.4 Å². The number of nitrogens with two attached hydrogens (primary N) is 1. The van der Waals surface area contributed by atoms with Gasteiger partial charge in [-0.15, -0.1) is 0 Å². The van der Waals surface area contributed by atoms with Crippen LogP contribution in [0.25, 0.3) is 10.9 Å². The summed E-state index contributed by atoms with van der Waals surface area (Å²) in [5, 5.41) is 9.11. The van der Waals surface area contributed by atoms with Crippen molar-refractivity contribution in [3.8, 4) is 5.75 Å². The molecule has 0 atom stereocenters. The molecule has 3 aromatic rings. The fraction of sp³-hybridized carbons (Fsp3) is 0.300. The molecule has 0 bridgehead atoms. The van der Waals surface area contributed by atoms with Gasteiger partial charge in [0.05, 0.1) is 10.4 Å². The first-order valence-electron chi connectivity index (χ1n) is 9.39. The molecule has 1 saturated heterocycles. The number of ether oxygens (including phenoxy) is 1. The largest absolute Gasteiger partial charge is 0.490 e. The van der Waals surface area contributed by atoms with Crippen LogP contribution in [0.15, 0.2) is 53.6 Å². The molecule has 9 heteroatoms. The molecular weight excluding hydrogens is 390 g/mol. The molecule has 8 nitrogen and oxygen atoms in total. The second kappa shape index (κ2) is 7.94. The molecule has 0 radical (unpaired) electrons. The summed E-state index contributed by atoms with van der Waals surface area (Å²) in [5.41, 5.74) is 1.43. The Hall–Kier alpha value is -2.75. The lowest BCUT2D eigenvalue weighted by Crippen LogP contribution is -2.35. The minimum Gasteiger partial charge on any atom is -0.490 e. The van der Waals surface area contributed by atoms with Gasteiger partial charge in [-0.2, -0.15) is 0 Å². The third kappa shape index (κ3) is 4.81. The zero-order valence-electron chi connectivity index (χ0n) is 16.1. The van der Waals surface area contributed by atoms with Crippen molar-refractivity contribution >= 4 is 32.6 Å². The van der Waals surface area contributed by atoms with Crippen LogP contribution in [0.2, 0.25) is 0 Å². The van der Waals surface area contributed by atoms with Crippen LogP contribution in [0.4, 0.5) is 11.6 Å². The molecule has 0 spiro atoms. The summed E-state index contributed by atoms with van der Waals surface area (Å²) >= 11 is 0. The number of nitrogens with one attached hydrogen (secondary N) is 1. The van der Waals surface area contributed by atoms with Crippen LogP contribution in [0.5, 0.6) is 5.75 Å². The Kier molecular flexibility index (Phi) is 5.35. The molecule has 3 N–H and O–H groups in total. The predicted molar refractivity (Wildman–Crippen MR) is 112 cm³/mol. The molecule has 2 aromatic carbocycles. The van der Waals surface area contributed by atoms with Gasteiger partial charge in [-0.1, -0.05) is 0 Å². The van der Waals surface area contributed by atoms with Crippen molar-refractivity contribution in [3.63, 3.8) is 0 Å². The van der Waals surface area contributed by atoms with Crippen molar-refractivity contribution in [2.24, 2.45) is 5.14 Å². The standard InChI is InChI=1S/C20H23N5O3S/c1-25-10-8-16(9-11-25)28-17-5-2-14-13-22-20(24-19(14)12-17)23-15-3-6-18(7-4-15)29(21,26)27/h2-7,12-13,16H,8-11H2,1H3,(H2,21,26,27)(H,22,23,24). The molecule has 29 heavy (non-hydrogen) atoms. The molecule has 1 aromatic heterocycles. The molecule has 1 fully saturated rings. The fourth-order valence-corrected chi connectivity index (χ4v) is 3.80. The van der Waals surface area contributed by atoms with Crippen molar-refractivity contribution in [1.29, 1.82) is 0 Å². The number of nitrogens with zero attached hydrogens (tertiary/aromatic N) is 3. The molecule has 0 aliphatic carbocycles. The van der Waals surface area contributed by atoms with E-state index in [1.54, 1.807) is 18.3 Å². The summed E-state index contributed by atoms with van der Waals surface area (Å²) in [6.45, 7) is 2.08. The molecular formula is C20H23N5O3S. The van der Waals surface area contributed by atoms with E-state index in [-0.39, 0.29) is 11.0 Å². The lowest BCUT2D eigenvalue weighted by atomic mass is 10.1. The van der Waals surface area contributed by atoms with Gasteiger partial charge in [-0.3, -0.25) is 0 Å². The van der Waals surface area contributed by atoms with Crippen molar-refractivity contribution in [3.05, 3.63) is 48.7 Å². The number of hydrogen-bond donors (Lipinski definition) is 2. The second-order valence-electron chi connectivity index (χ2n) is 7.23. The Bertz CT molecular complexity index is 1110. The summed E-state index contributed by atoms with van der Waals surface area (Å²) in [7, 11) is -1.59. The van der Waals surface area contributed by atoms with Gasteiger partial charge >= 0.3 is 0 Å². The Morgan fingerprint density at radius 1 is 1.14 bits per heavy atom. The number of aromatic nitrogens is 2. The zero-order valence-corrected chi connectivity index (χ0v) is 16.9. The smallest absolute Gasteiger partial charge is 0.238 e. The number of piperidine rings is 1. The lowest BCUT2D eigenvalue weighted by molar-refractivity contribution is 0.114. The van der Waals surface area contributed by atoms with E-state index in [4.69, 9.17) is 9.88 Å². The van der Waals surface area contributed by atoms with E-state index in [2.05, 4.69) is 27.2 Å². The van der Waals surface area contributed by atoms with E-state index in [0.717, 1.165) is 42.6 Å². The molecule has 2 heterocycles. The number of hydrogen-bond acceptors (Lipinski definition) is 7.